The monoisotopic (exact) mass is 249 g/mol. The van der Waals surface area contributed by atoms with Gasteiger partial charge in [-0.2, -0.15) is 0 Å². The quantitative estimate of drug-likeness (QED) is 0.831. The molecule has 2 aromatic heterocycles. The molecule has 4 nitrogen and oxygen atoms in total. The Morgan fingerprint density at radius 3 is 3.12 bits per heavy atom. The molecule has 0 aliphatic heterocycles. The molecule has 17 heavy (non-hydrogen) atoms. The fourth-order valence-electron chi connectivity index (χ4n) is 2.54. The van der Waals surface area contributed by atoms with Crippen molar-refractivity contribution in [3.63, 3.8) is 0 Å². The van der Waals surface area contributed by atoms with E-state index in [9.17, 15) is 4.79 Å². The van der Waals surface area contributed by atoms with Crippen LogP contribution in [0.2, 0.25) is 0 Å². The third-order valence-electron chi connectivity index (χ3n) is 3.56. The largest absolute Gasteiger partial charge is 0.313 e. The fourth-order valence-corrected chi connectivity index (χ4v) is 3.80. The Balaban J connectivity index is 2.14. The Morgan fingerprint density at radius 1 is 1.53 bits per heavy atom. The molecule has 0 amide bonds. The van der Waals surface area contributed by atoms with Gasteiger partial charge >= 0.3 is 0 Å². The standard InChI is InChI=1S/C12H15N3OS/c1-15(2)7-3-4-8-9(5-7)17-12-10(8)11(16)13-6-14-12/h6-7H,3-5H2,1-2H3,(H,13,14,16). The van der Waals surface area contributed by atoms with Gasteiger partial charge in [-0.05, 0) is 38.9 Å². The number of nitrogens with zero attached hydrogens (tertiary/aromatic N) is 2. The third-order valence-corrected chi connectivity index (χ3v) is 4.72. The van der Waals surface area contributed by atoms with Crippen LogP contribution in [0.1, 0.15) is 16.9 Å². The van der Waals surface area contributed by atoms with Crippen LogP contribution in [0.3, 0.4) is 0 Å². The maximum Gasteiger partial charge on any atom is 0.259 e. The summed E-state index contributed by atoms with van der Waals surface area (Å²) < 4.78 is 0. The van der Waals surface area contributed by atoms with Crippen LogP contribution < -0.4 is 5.56 Å². The van der Waals surface area contributed by atoms with E-state index < -0.39 is 0 Å². The molecule has 5 heteroatoms. The van der Waals surface area contributed by atoms with Crippen molar-refractivity contribution in [1.29, 1.82) is 0 Å². The molecule has 1 aliphatic rings. The summed E-state index contributed by atoms with van der Waals surface area (Å²) in [7, 11) is 4.24. The van der Waals surface area contributed by atoms with Crippen molar-refractivity contribution in [1.82, 2.24) is 14.9 Å². The normalized spacial score (nSPS) is 19.8. The zero-order valence-electron chi connectivity index (χ0n) is 9.99. The molecule has 0 bridgehead atoms. The minimum atomic E-state index is 0.0100. The molecule has 0 saturated heterocycles. The van der Waals surface area contributed by atoms with Gasteiger partial charge in [-0.1, -0.05) is 0 Å². The summed E-state index contributed by atoms with van der Waals surface area (Å²) in [5.74, 6) is 0. The van der Waals surface area contributed by atoms with Crippen molar-refractivity contribution in [3.8, 4) is 0 Å². The van der Waals surface area contributed by atoms with E-state index in [1.165, 1.54) is 16.8 Å². The number of hydrogen-bond donors (Lipinski definition) is 1. The SMILES string of the molecule is CN(C)C1CCc2c(sc3nc[nH]c(=O)c23)C1. The van der Waals surface area contributed by atoms with Crippen LogP contribution in [0.25, 0.3) is 10.2 Å². The van der Waals surface area contributed by atoms with E-state index in [-0.39, 0.29) is 5.56 Å². The van der Waals surface area contributed by atoms with Crippen molar-refractivity contribution in [2.24, 2.45) is 0 Å². The van der Waals surface area contributed by atoms with Crippen molar-refractivity contribution < 1.29 is 0 Å². The lowest BCUT2D eigenvalue weighted by molar-refractivity contribution is 0.270. The zero-order valence-corrected chi connectivity index (χ0v) is 10.8. The van der Waals surface area contributed by atoms with Gasteiger partial charge in [0.05, 0.1) is 11.7 Å². The van der Waals surface area contributed by atoms with Gasteiger partial charge in [0.1, 0.15) is 4.83 Å². The highest BCUT2D eigenvalue weighted by molar-refractivity contribution is 7.18. The van der Waals surface area contributed by atoms with Crippen LogP contribution in [0.5, 0.6) is 0 Å². The van der Waals surface area contributed by atoms with Gasteiger partial charge in [0.25, 0.3) is 5.56 Å². The number of likely N-dealkylation sites (N-methyl/N-ethyl adjacent to an activating group) is 1. The predicted molar refractivity (Wildman–Crippen MR) is 69.7 cm³/mol. The second-order valence-corrected chi connectivity index (χ2v) is 5.86. The maximum absolute atomic E-state index is 11.8. The van der Waals surface area contributed by atoms with Crippen molar-refractivity contribution >= 4 is 21.6 Å². The molecule has 2 aromatic rings. The number of nitrogens with one attached hydrogen (secondary N) is 1. The highest BCUT2D eigenvalue weighted by Gasteiger charge is 2.25. The Labute approximate surface area is 103 Å². The number of fused-ring (bicyclic) bond motifs is 3. The van der Waals surface area contributed by atoms with Gasteiger partial charge in [-0.15, -0.1) is 11.3 Å². The molecule has 1 unspecified atom stereocenters. The lowest BCUT2D eigenvalue weighted by Crippen LogP contribution is -2.33. The molecule has 1 N–H and O–H groups in total. The number of aryl methyl sites for hydroxylation is 1. The molecule has 0 fully saturated rings. The molecule has 90 valence electrons. The first-order valence-electron chi connectivity index (χ1n) is 5.81. The van der Waals surface area contributed by atoms with Gasteiger partial charge in [0, 0.05) is 10.9 Å². The van der Waals surface area contributed by atoms with E-state index in [4.69, 9.17) is 0 Å². The average Bonchev–Trinajstić information content (AvgIpc) is 2.67. The second kappa shape index (κ2) is 3.92. The van der Waals surface area contributed by atoms with Crippen LogP contribution in [0.15, 0.2) is 11.1 Å². The summed E-state index contributed by atoms with van der Waals surface area (Å²) in [5, 5.41) is 0.824. The Morgan fingerprint density at radius 2 is 2.35 bits per heavy atom. The van der Waals surface area contributed by atoms with E-state index in [0.29, 0.717) is 6.04 Å². The number of hydrogen-bond acceptors (Lipinski definition) is 4. The van der Waals surface area contributed by atoms with Crippen LogP contribution in [-0.2, 0) is 12.8 Å². The summed E-state index contributed by atoms with van der Waals surface area (Å²) in [6, 6.07) is 0.592. The minimum absolute atomic E-state index is 0.0100. The first-order valence-corrected chi connectivity index (χ1v) is 6.63. The van der Waals surface area contributed by atoms with E-state index in [1.807, 2.05) is 0 Å². The van der Waals surface area contributed by atoms with E-state index >= 15 is 0 Å². The average molecular weight is 249 g/mol. The predicted octanol–water partition coefficient (Wildman–Crippen LogP) is 1.40. The van der Waals surface area contributed by atoms with Gasteiger partial charge in [0.2, 0.25) is 0 Å². The molecule has 2 heterocycles. The molecule has 1 aliphatic carbocycles. The Hall–Kier alpha value is -1.20. The molecule has 0 aromatic carbocycles. The lowest BCUT2D eigenvalue weighted by Gasteiger charge is -2.27. The number of thiophene rings is 1. The summed E-state index contributed by atoms with van der Waals surface area (Å²) in [6.07, 6.45) is 4.66. The summed E-state index contributed by atoms with van der Waals surface area (Å²) in [4.78, 5) is 23.3. The topological polar surface area (TPSA) is 49.0 Å². The number of H-pyrrole nitrogens is 1. The van der Waals surface area contributed by atoms with Crippen molar-refractivity contribution in [2.75, 3.05) is 14.1 Å². The van der Waals surface area contributed by atoms with Gasteiger partial charge in [0.15, 0.2) is 0 Å². The highest BCUT2D eigenvalue weighted by atomic mass is 32.1. The van der Waals surface area contributed by atoms with Crippen molar-refractivity contribution in [2.45, 2.75) is 25.3 Å². The molecular weight excluding hydrogens is 234 g/mol. The second-order valence-electron chi connectivity index (χ2n) is 4.78. The van der Waals surface area contributed by atoms with Crippen LogP contribution >= 0.6 is 11.3 Å². The fraction of sp³-hybridized carbons (Fsp3) is 0.500. The summed E-state index contributed by atoms with van der Waals surface area (Å²) in [6.45, 7) is 0. The van der Waals surface area contributed by atoms with Gasteiger partial charge in [-0.3, -0.25) is 4.79 Å². The van der Waals surface area contributed by atoms with Crippen LogP contribution in [0.4, 0.5) is 0 Å². The molecule has 3 rings (SSSR count). The van der Waals surface area contributed by atoms with E-state index in [2.05, 4.69) is 29.0 Å². The van der Waals surface area contributed by atoms with Crippen molar-refractivity contribution in [3.05, 3.63) is 27.1 Å². The molecule has 0 radical (unpaired) electrons. The number of aromatic amines is 1. The first kappa shape index (κ1) is 10.9. The van der Waals surface area contributed by atoms with Crippen LogP contribution in [0, 0.1) is 0 Å². The number of aromatic nitrogens is 2. The molecule has 1 atom stereocenters. The lowest BCUT2D eigenvalue weighted by atomic mass is 9.92. The minimum Gasteiger partial charge on any atom is -0.313 e. The Kier molecular flexibility index (Phi) is 2.52. The van der Waals surface area contributed by atoms with E-state index in [0.717, 1.165) is 29.5 Å². The highest BCUT2D eigenvalue weighted by Crippen LogP contribution is 2.34. The maximum atomic E-state index is 11.8. The van der Waals surface area contributed by atoms with E-state index in [1.54, 1.807) is 11.3 Å². The molecule has 0 spiro atoms. The third kappa shape index (κ3) is 1.70. The first-order chi connectivity index (χ1) is 8.16. The zero-order chi connectivity index (χ0) is 12.0. The summed E-state index contributed by atoms with van der Waals surface area (Å²) in [5.41, 5.74) is 1.24. The van der Waals surface area contributed by atoms with Gasteiger partial charge in [-0.25, -0.2) is 4.98 Å². The summed E-state index contributed by atoms with van der Waals surface area (Å²) >= 11 is 1.68. The Bertz CT molecular complexity index is 614. The van der Waals surface area contributed by atoms with Gasteiger partial charge < -0.3 is 9.88 Å². The number of rotatable bonds is 1. The molecular formula is C12H15N3OS. The van der Waals surface area contributed by atoms with Crippen LogP contribution in [-0.4, -0.2) is 35.0 Å². The molecule has 0 saturated carbocycles. The smallest absolute Gasteiger partial charge is 0.259 e.